The molecule has 0 unspecified atom stereocenters. The number of nitrogens with zero attached hydrogens (tertiary/aromatic N) is 2. The summed E-state index contributed by atoms with van der Waals surface area (Å²) in [7, 11) is 1.55. The Hall–Kier alpha value is -2.89. The summed E-state index contributed by atoms with van der Waals surface area (Å²) in [5.74, 6) is 0.436. The molecule has 0 atom stereocenters. The van der Waals surface area contributed by atoms with Crippen LogP contribution in [-0.2, 0) is 9.59 Å². The number of rotatable bonds is 5. The van der Waals surface area contributed by atoms with E-state index in [9.17, 15) is 9.59 Å². The minimum absolute atomic E-state index is 0.0776. The van der Waals surface area contributed by atoms with E-state index < -0.39 is 0 Å². The quantitative estimate of drug-likeness (QED) is 0.854. The first kappa shape index (κ1) is 16.0. The van der Waals surface area contributed by atoms with Gasteiger partial charge in [-0.15, -0.1) is 0 Å². The summed E-state index contributed by atoms with van der Waals surface area (Å²) >= 11 is 0. The molecule has 2 aromatic rings. The van der Waals surface area contributed by atoms with E-state index in [2.05, 4.69) is 10.4 Å². The van der Waals surface area contributed by atoms with Crippen LogP contribution in [0.15, 0.2) is 47.6 Å². The molecule has 0 saturated carbocycles. The Bertz CT molecular complexity index is 801. The molecule has 0 spiro atoms. The maximum Gasteiger partial charge on any atom is 0.267 e. The van der Waals surface area contributed by atoms with Crippen molar-refractivity contribution in [2.75, 3.05) is 20.2 Å². The molecule has 0 bridgehead atoms. The van der Waals surface area contributed by atoms with Crippen LogP contribution in [0.4, 0.5) is 0 Å². The van der Waals surface area contributed by atoms with E-state index in [0.717, 1.165) is 16.5 Å². The van der Waals surface area contributed by atoms with Crippen LogP contribution in [0, 0.1) is 0 Å². The van der Waals surface area contributed by atoms with Gasteiger partial charge in [-0.1, -0.05) is 30.3 Å². The highest BCUT2D eigenvalue weighted by molar-refractivity contribution is 6.39. The first-order valence-corrected chi connectivity index (χ1v) is 7.87. The fourth-order valence-corrected chi connectivity index (χ4v) is 2.53. The van der Waals surface area contributed by atoms with Crippen molar-refractivity contribution in [1.82, 2.24) is 10.3 Å². The van der Waals surface area contributed by atoms with Crippen LogP contribution >= 0.6 is 0 Å². The molecule has 6 heteroatoms. The summed E-state index contributed by atoms with van der Waals surface area (Å²) in [5.41, 5.74) is 0.378. The van der Waals surface area contributed by atoms with Gasteiger partial charge in [-0.2, -0.15) is 5.10 Å². The molecular weight excluding hydrogens is 306 g/mol. The lowest BCUT2D eigenvalue weighted by Gasteiger charge is -2.18. The van der Waals surface area contributed by atoms with Gasteiger partial charge < -0.3 is 10.1 Å². The predicted octanol–water partition coefficient (Wildman–Crippen LogP) is 1.94. The first-order chi connectivity index (χ1) is 11.6. The number of carbonyl (C=O) groups is 2. The van der Waals surface area contributed by atoms with Gasteiger partial charge in [-0.25, -0.2) is 5.01 Å². The largest absolute Gasteiger partial charge is 0.492 e. The Morgan fingerprint density at radius 1 is 1.21 bits per heavy atom. The number of carbonyl (C=O) groups excluding carboxylic acids is 2. The van der Waals surface area contributed by atoms with Gasteiger partial charge in [0.25, 0.3) is 5.91 Å². The number of ether oxygens (including phenoxy) is 1. The number of benzene rings is 2. The van der Waals surface area contributed by atoms with Gasteiger partial charge in [-0.3, -0.25) is 9.59 Å². The van der Waals surface area contributed by atoms with E-state index in [0.29, 0.717) is 31.7 Å². The maximum atomic E-state index is 12.0. The Kier molecular flexibility index (Phi) is 4.74. The number of hydrogen-bond acceptors (Lipinski definition) is 4. The topological polar surface area (TPSA) is 71.0 Å². The number of fused-ring (bicyclic) bond motifs is 1. The molecule has 3 rings (SSSR count). The minimum atomic E-state index is -0.253. The Morgan fingerprint density at radius 2 is 2.00 bits per heavy atom. The predicted molar refractivity (Wildman–Crippen MR) is 91.9 cm³/mol. The molecular formula is C18H19N3O3. The zero-order valence-electron chi connectivity index (χ0n) is 13.5. The van der Waals surface area contributed by atoms with Crippen LogP contribution in [-0.4, -0.2) is 42.7 Å². The average molecular weight is 325 g/mol. The van der Waals surface area contributed by atoms with Gasteiger partial charge in [-0.05, 0) is 22.9 Å². The van der Waals surface area contributed by atoms with Gasteiger partial charge in [0.2, 0.25) is 5.91 Å². The monoisotopic (exact) mass is 325 g/mol. The van der Waals surface area contributed by atoms with E-state index in [1.165, 1.54) is 5.01 Å². The summed E-state index contributed by atoms with van der Waals surface area (Å²) in [6.07, 6.45) is 0.691. The SMILES string of the molecule is CN1N=C(C(=O)NCCOc2ccc3ccccc3c2)CCC1=O. The van der Waals surface area contributed by atoms with Crippen molar-refractivity contribution in [1.29, 1.82) is 0 Å². The third kappa shape index (κ3) is 3.71. The van der Waals surface area contributed by atoms with Gasteiger partial charge >= 0.3 is 0 Å². The lowest BCUT2D eigenvalue weighted by molar-refractivity contribution is -0.130. The lowest BCUT2D eigenvalue weighted by Crippen LogP contribution is -2.39. The molecule has 0 fully saturated rings. The zero-order chi connectivity index (χ0) is 16.9. The Balaban J connectivity index is 1.48. The van der Waals surface area contributed by atoms with E-state index >= 15 is 0 Å². The van der Waals surface area contributed by atoms with Gasteiger partial charge in [0.1, 0.15) is 18.1 Å². The van der Waals surface area contributed by atoms with E-state index in [1.807, 2.05) is 42.5 Å². The fraction of sp³-hybridized carbons (Fsp3) is 0.278. The molecule has 24 heavy (non-hydrogen) atoms. The molecule has 2 aromatic carbocycles. The smallest absolute Gasteiger partial charge is 0.267 e. The molecule has 1 heterocycles. The van der Waals surface area contributed by atoms with Crippen molar-refractivity contribution >= 4 is 28.3 Å². The van der Waals surface area contributed by atoms with Crippen molar-refractivity contribution < 1.29 is 14.3 Å². The van der Waals surface area contributed by atoms with Crippen molar-refractivity contribution in [3.8, 4) is 5.75 Å². The molecule has 1 N–H and O–H groups in total. The molecule has 1 aliphatic heterocycles. The third-order valence-electron chi connectivity index (χ3n) is 3.85. The van der Waals surface area contributed by atoms with Crippen LogP contribution < -0.4 is 10.1 Å². The summed E-state index contributed by atoms with van der Waals surface area (Å²) in [6.45, 7) is 0.745. The van der Waals surface area contributed by atoms with Crippen molar-refractivity contribution in [3.05, 3.63) is 42.5 Å². The normalized spacial score (nSPS) is 14.5. The molecule has 2 amide bonds. The molecule has 6 nitrogen and oxygen atoms in total. The van der Waals surface area contributed by atoms with Crippen molar-refractivity contribution in [2.45, 2.75) is 12.8 Å². The van der Waals surface area contributed by atoms with Gasteiger partial charge in [0, 0.05) is 19.9 Å². The molecule has 0 aromatic heterocycles. The van der Waals surface area contributed by atoms with Crippen LogP contribution in [0.5, 0.6) is 5.75 Å². The number of hydrazone groups is 1. The van der Waals surface area contributed by atoms with Crippen LogP contribution in [0.1, 0.15) is 12.8 Å². The van der Waals surface area contributed by atoms with E-state index in [4.69, 9.17) is 4.74 Å². The second-order valence-corrected chi connectivity index (χ2v) is 5.58. The molecule has 0 radical (unpaired) electrons. The fourth-order valence-electron chi connectivity index (χ4n) is 2.53. The summed E-state index contributed by atoms with van der Waals surface area (Å²) in [5, 5.41) is 10.2. The van der Waals surface area contributed by atoms with Crippen LogP contribution in [0.2, 0.25) is 0 Å². The first-order valence-electron chi connectivity index (χ1n) is 7.87. The highest BCUT2D eigenvalue weighted by Gasteiger charge is 2.21. The van der Waals surface area contributed by atoms with Crippen LogP contribution in [0.3, 0.4) is 0 Å². The summed E-state index contributed by atoms with van der Waals surface area (Å²) in [6, 6.07) is 14.0. The lowest BCUT2D eigenvalue weighted by atomic mass is 10.1. The number of amides is 2. The molecule has 124 valence electrons. The van der Waals surface area contributed by atoms with Gasteiger partial charge in [0.15, 0.2) is 0 Å². The standard InChI is InChI=1S/C18H19N3O3/c1-21-17(22)9-8-16(20-21)18(23)19-10-11-24-15-7-6-13-4-2-3-5-14(13)12-15/h2-7,12H,8-11H2,1H3,(H,19,23). The Morgan fingerprint density at radius 3 is 2.79 bits per heavy atom. The average Bonchev–Trinajstić information content (AvgIpc) is 2.60. The van der Waals surface area contributed by atoms with Gasteiger partial charge in [0.05, 0.1) is 6.54 Å². The molecule has 0 saturated heterocycles. The zero-order valence-corrected chi connectivity index (χ0v) is 13.5. The highest BCUT2D eigenvalue weighted by Crippen LogP contribution is 2.20. The van der Waals surface area contributed by atoms with Crippen LogP contribution in [0.25, 0.3) is 10.8 Å². The second kappa shape index (κ2) is 7.12. The second-order valence-electron chi connectivity index (χ2n) is 5.58. The van der Waals surface area contributed by atoms with Crippen molar-refractivity contribution in [2.24, 2.45) is 5.10 Å². The van der Waals surface area contributed by atoms with E-state index in [1.54, 1.807) is 7.05 Å². The summed E-state index contributed by atoms with van der Waals surface area (Å²) < 4.78 is 5.67. The molecule has 0 aliphatic carbocycles. The van der Waals surface area contributed by atoms with Crippen molar-refractivity contribution in [3.63, 3.8) is 0 Å². The number of nitrogens with one attached hydrogen (secondary N) is 1. The minimum Gasteiger partial charge on any atom is -0.492 e. The maximum absolute atomic E-state index is 12.0. The number of hydrogen-bond donors (Lipinski definition) is 1. The molecule has 1 aliphatic rings. The summed E-state index contributed by atoms with van der Waals surface area (Å²) in [4.78, 5) is 23.3. The third-order valence-corrected chi connectivity index (χ3v) is 3.85. The highest BCUT2D eigenvalue weighted by atomic mass is 16.5. The Labute approximate surface area is 140 Å². The van der Waals surface area contributed by atoms with E-state index in [-0.39, 0.29) is 11.8 Å².